The summed E-state index contributed by atoms with van der Waals surface area (Å²) in [5.74, 6) is -0.0860. The van der Waals surface area contributed by atoms with Crippen LogP contribution in [0.1, 0.15) is 58.3 Å². The van der Waals surface area contributed by atoms with Crippen LogP contribution in [0.4, 0.5) is 0 Å². The second kappa shape index (κ2) is 7.66. The summed E-state index contributed by atoms with van der Waals surface area (Å²) >= 11 is 0. The first kappa shape index (κ1) is 13.5. The number of methoxy groups -OCH3 is 1. The molecule has 2 atom stereocenters. The molecule has 0 aromatic carbocycles. The Labute approximate surface area is 98.5 Å². The van der Waals surface area contributed by atoms with Gasteiger partial charge in [0.05, 0.1) is 19.3 Å². The molecule has 0 aliphatic carbocycles. The number of carbonyl (C=O) groups is 1. The summed E-state index contributed by atoms with van der Waals surface area (Å²) in [5.41, 5.74) is 0. The van der Waals surface area contributed by atoms with Gasteiger partial charge in [0.1, 0.15) is 0 Å². The predicted octanol–water partition coefficient (Wildman–Crippen LogP) is 3.07. The number of hydrogen-bond donors (Lipinski definition) is 0. The molecule has 1 rings (SSSR count). The van der Waals surface area contributed by atoms with Crippen LogP contribution in [-0.4, -0.2) is 25.3 Å². The molecule has 0 bridgehead atoms. The number of unbranched alkanes of at least 4 members (excludes halogenated alkanes) is 4. The summed E-state index contributed by atoms with van der Waals surface area (Å²) in [6.45, 7) is 2.18. The summed E-state index contributed by atoms with van der Waals surface area (Å²) in [7, 11) is 1.45. The molecule has 0 spiro atoms. The van der Waals surface area contributed by atoms with Gasteiger partial charge in [0.15, 0.2) is 0 Å². The van der Waals surface area contributed by atoms with E-state index in [1.807, 2.05) is 0 Å². The third kappa shape index (κ3) is 5.50. The van der Waals surface area contributed by atoms with Crippen LogP contribution >= 0.6 is 0 Å². The largest absolute Gasteiger partial charge is 0.469 e. The highest BCUT2D eigenvalue weighted by Crippen LogP contribution is 2.29. The van der Waals surface area contributed by atoms with E-state index in [1.165, 1.54) is 32.8 Å². The van der Waals surface area contributed by atoms with Gasteiger partial charge in [0.25, 0.3) is 0 Å². The monoisotopic (exact) mass is 228 g/mol. The molecule has 94 valence electrons. The first-order valence-corrected chi connectivity index (χ1v) is 6.50. The summed E-state index contributed by atoms with van der Waals surface area (Å²) < 4.78 is 10.1. The van der Waals surface area contributed by atoms with Crippen LogP contribution in [0.3, 0.4) is 0 Å². The van der Waals surface area contributed by atoms with Crippen LogP contribution in [0.15, 0.2) is 0 Å². The van der Waals surface area contributed by atoms with Crippen LogP contribution < -0.4 is 0 Å². The van der Waals surface area contributed by atoms with Gasteiger partial charge in [-0.25, -0.2) is 0 Å². The molecule has 0 aromatic heterocycles. The lowest BCUT2D eigenvalue weighted by molar-refractivity contribution is -0.140. The summed E-state index contributed by atoms with van der Waals surface area (Å²) in [4.78, 5) is 10.8. The second-order valence-corrected chi connectivity index (χ2v) is 4.50. The summed E-state index contributed by atoms with van der Waals surface area (Å²) in [5, 5.41) is 0. The molecule has 16 heavy (non-hydrogen) atoms. The van der Waals surface area contributed by atoms with E-state index in [0.717, 1.165) is 19.3 Å². The maximum absolute atomic E-state index is 10.8. The van der Waals surface area contributed by atoms with Gasteiger partial charge in [-0.3, -0.25) is 4.79 Å². The van der Waals surface area contributed by atoms with Gasteiger partial charge in [0, 0.05) is 6.42 Å². The number of carbonyl (C=O) groups excluding carboxylic acids is 1. The molecule has 2 unspecified atom stereocenters. The SMILES string of the molecule is CCC1OC1CCCCCCCC(=O)OC. The van der Waals surface area contributed by atoms with E-state index in [0.29, 0.717) is 18.6 Å². The van der Waals surface area contributed by atoms with Crippen LogP contribution in [0.2, 0.25) is 0 Å². The molecule has 1 heterocycles. The minimum atomic E-state index is -0.0860. The Hall–Kier alpha value is -0.570. The van der Waals surface area contributed by atoms with E-state index >= 15 is 0 Å². The highest BCUT2D eigenvalue weighted by Gasteiger charge is 2.35. The first-order valence-electron chi connectivity index (χ1n) is 6.50. The lowest BCUT2D eigenvalue weighted by Gasteiger charge is -2.00. The molecular formula is C13H24O3. The van der Waals surface area contributed by atoms with E-state index < -0.39 is 0 Å². The molecule has 3 nitrogen and oxygen atoms in total. The minimum absolute atomic E-state index is 0.0860. The molecule has 0 radical (unpaired) electrons. The standard InChI is InChI=1S/C13H24O3/c1-3-11-12(16-11)9-7-5-4-6-8-10-13(14)15-2/h11-12H,3-10H2,1-2H3. The van der Waals surface area contributed by atoms with Crippen molar-refractivity contribution in [2.75, 3.05) is 7.11 Å². The second-order valence-electron chi connectivity index (χ2n) is 4.50. The fourth-order valence-corrected chi connectivity index (χ4v) is 2.04. The Morgan fingerprint density at radius 1 is 1.12 bits per heavy atom. The van der Waals surface area contributed by atoms with Gasteiger partial charge in [-0.05, 0) is 19.3 Å². The van der Waals surface area contributed by atoms with Gasteiger partial charge in [-0.1, -0.05) is 32.6 Å². The molecule has 1 fully saturated rings. The van der Waals surface area contributed by atoms with Gasteiger partial charge in [-0.15, -0.1) is 0 Å². The molecule has 3 heteroatoms. The molecule has 1 aliphatic heterocycles. The predicted molar refractivity (Wildman–Crippen MR) is 63.3 cm³/mol. The normalized spacial score (nSPS) is 23.1. The van der Waals surface area contributed by atoms with Crippen molar-refractivity contribution in [3.63, 3.8) is 0 Å². The van der Waals surface area contributed by atoms with E-state index in [2.05, 4.69) is 11.7 Å². The molecule has 1 saturated heterocycles. The number of epoxide rings is 1. The first-order chi connectivity index (χ1) is 7.77. The van der Waals surface area contributed by atoms with Crippen LogP contribution in [0.25, 0.3) is 0 Å². The third-order valence-corrected chi connectivity index (χ3v) is 3.19. The maximum Gasteiger partial charge on any atom is 0.305 e. The van der Waals surface area contributed by atoms with E-state index in [1.54, 1.807) is 0 Å². The lowest BCUT2D eigenvalue weighted by atomic mass is 10.1. The van der Waals surface area contributed by atoms with Crippen LogP contribution in [-0.2, 0) is 14.3 Å². The van der Waals surface area contributed by atoms with Crippen LogP contribution in [0, 0.1) is 0 Å². The van der Waals surface area contributed by atoms with Gasteiger partial charge >= 0.3 is 5.97 Å². The average molecular weight is 228 g/mol. The van der Waals surface area contributed by atoms with Crippen molar-refractivity contribution in [1.82, 2.24) is 0 Å². The Morgan fingerprint density at radius 2 is 1.81 bits per heavy atom. The van der Waals surface area contributed by atoms with Gasteiger partial charge < -0.3 is 9.47 Å². The Morgan fingerprint density at radius 3 is 2.44 bits per heavy atom. The zero-order valence-electron chi connectivity index (χ0n) is 10.5. The molecule has 0 N–H and O–H groups in total. The van der Waals surface area contributed by atoms with Crippen molar-refractivity contribution in [1.29, 1.82) is 0 Å². The van der Waals surface area contributed by atoms with Crippen molar-refractivity contribution in [3.8, 4) is 0 Å². The number of rotatable bonds is 9. The van der Waals surface area contributed by atoms with Crippen molar-refractivity contribution in [2.24, 2.45) is 0 Å². The minimum Gasteiger partial charge on any atom is -0.469 e. The Balaban J connectivity index is 1.77. The molecule has 0 aromatic rings. The van der Waals surface area contributed by atoms with E-state index in [-0.39, 0.29) is 5.97 Å². The molecular weight excluding hydrogens is 204 g/mol. The quantitative estimate of drug-likeness (QED) is 0.346. The molecule has 0 saturated carbocycles. The highest BCUT2D eigenvalue weighted by molar-refractivity contribution is 5.68. The average Bonchev–Trinajstić information content (AvgIpc) is 3.06. The maximum atomic E-state index is 10.8. The summed E-state index contributed by atoms with van der Waals surface area (Å²) in [6, 6.07) is 0. The van der Waals surface area contributed by atoms with Gasteiger partial charge in [-0.2, -0.15) is 0 Å². The fourth-order valence-electron chi connectivity index (χ4n) is 2.04. The van der Waals surface area contributed by atoms with Crippen molar-refractivity contribution in [3.05, 3.63) is 0 Å². The van der Waals surface area contributed by atoms with E-state index in [9.17, 15) is 4.79 Å². The number of ether oxygens (including phenoxy) is 2. The van der Waals surface area contributed by atoms with E-state index in [4.69, 9.17) is 4.74 Å². The van der Waals surface area contributed by atoms with Crippen LogP contribution in [0.5, 0.6) is 0 Å². The lowest BCUT2D eigenvalue weighted by Crippen LogP contribution is -1.99. The van der Waals surface area contributed by atoms with Crippen molar-refractivity contribution in [2.45, 2.75) is 70.5 Å². The fraction of sp³-hybridized carbons (Fsp3) is 0.923. The number of hydrogen-bond acceptors (Lipinski definition) is 3. The van der Waals surface area contributed by atoms with Crippen molar-refractivity contribution >= 4 is 5.97 Å². The van der Waals surface area contributed by atoms with Gasteiger partial charge in [0.2, 0.25) is 0 Å². The molecule has 0 amide bonds. The zero-order chi connectivity index (χ0) is 11.8. The highest BCUT2D eigenvalue weighted by atomic mass is 16.6. The third-order valence-electron chi connectivity index (χ3n) is 3.19. The van der Waals surface area contributed by atoms with Crippen molar-refractivity contribution < 1.29 is 14.3 Å². The zero-order valence-corrected chi connectivity index (χ0v) is 10.5. The molecule has 1 aliphatic rings. The topological polar surface area (TPSA) is 38.8 Å². The smallest absolute Gasteiger partial charge is 0.305 e. The Bertz CT molecular complexity index is 203. The Kier molecular flexibility index (Phi) is 6.46. The summed E-state index contributed by atoms with van der Waals surface area (Å²) in [6.07, 6.45) is 9.90. The number of esters is 1.